The number of nitro benzene ring substituents is 1. The first kappa shape index (κ1) is 15.2. The fraction of sp³-hybridized carbons (Fsp3) is 0.571. The van der Waals surface area contributed by atoms with E-state index >= 15 is 0 Å². The molecule has 1 aliphatic rings. The standard InChI is InChI=1S/C14H20ClN3O2/c1-10(16)12-4-6-17(7-5-12)9-11-2-3-13(15)14(8-11)18(19)20/h2-3,8,10,12H,4-7,9,16H2,1H3. The Balaban J connectivity index is 1.98. The maximum absolute atomic E-state index is 10.9. The van der Waals surface area contributed by atoms with Crippen LogP contribution < -0.4 is 5.73 Å². The van der Waals surface area contributed by atoms with Gasteiger partial charge in [0.2, 0.25) is 0 Å². The van der Waals surface area contributed by atoms with Crippen LogP contribution in [0.2, 0.25) is 5.02 Å². The zero-order chi connectivity index (χ0) is 14.7. The van der Waals surface area contributed by atoms with Gasteiger partial charge in [0.1, 0.15) is 5.02 Å². The number of nitro groups is 1. The molecule has 6 heteroatoms. The van der Waals surface area contributed by atoms with Crippen molar-refractivity contribution in [1.29, 1.82) is 0 Å². The Bertz CT molecular complexity index is 485. The van der Waals surface area contributed by atoms with Crippen LogP contribution in [0.25, 0.3) is 0 Å². The van der Waals surface area contributed by atoms with Crippen LogP contribution in [0.4, 0.5) is 5.69 Å². The number of nitrogens with zero attached hydrogens (tertiary/aromatic N) is 2. The molecule has 0 radical (unpaired) electrons. The fourth-order valence-corrected chi connectivity index (χ4v) is 2.88. The minimum Gasteiger partial charge on any atom is -0.328 e. The number of likely N-dealkylation sites (tertiary alicyclic amines) is 1. The molecule has 110 valence electrons. The van der Waals surface area contributed by atoms with Crippen molar-refractivity contribution in [2.45, 2.75) is 32.4 Å². The number of rotatable bonds is 4. The highest BCUT2D eigenvalue weighted by atomic mass is 35.5. The van der Waals surface area contributed by atoms with Gasteiger partial charge in [0.15, 0.2) is 0 Å². The second kappa shape index (κ2) is 6.52. The van der Waals surface area contributed by atoms with E-state index in [1.54, 1.807) is 12.1 Å². The summed E-state index contributed by atoms with van der Waals surface area (Å²) in [6.45, 7) is 4.76. The molecule has 0 spiro atoms. The van der Waals surface area contributed by atoms with Gasteiger partial charge in [0, 0.05) is 18.7 Å². The first-order valence-corrected chi connectivity index (χ1v) is 7.26. The van der Waals surface area contributed by atoms with Gasteiger partial charge < -0.3 is 5.73 Å². The Hall–Kier alpha value is -1.17. The highest BCUT2D eigenvalue weighted by Crippen LogP contribution is 2.27. The molecular weight excluding hydrogens is 278 g/mol. The minimum atomic E-state index is -0.436. The third kappa shape index (κ3) is 3.69. The molecule has 2 N–H and O–H groups in total. The lowest BCUT2D eigenvalue weighted by molar-refractivity contribution is -0.384. The van der Waals surface area contributed by atoms with E-state index in [4.69, 9.17) is 17.3 Å². The van der Waals surface area contributed by atoms with Gasteiger partial charge in [-0.1, -0.05) is 17.7 Å². The van der Waals surface area contributed by atoms with Crippen LogP contribution in [0.1, 0.15) is 25.3 Å². The Labute approximate surface area is 123 Å². The summed E-state index contributed by atoms with van der Waals surface area (Å²) in [4.78, 5) is 12.8. The van der Waals surface area contributed by atoms with Crippen LogP contribution in [0, 0.1) is 16.0 Å². The van der Waals surface area contributed by atoms with E-state index in [1.165, 1.54) is 0 Å². The molecular formula is C14H20ClN3O2. The van der Waals surface area contributed by atoms with Gasteiger partial charge in [-0.3, -0.25) is 15.0 Å². The van der Waals surface area contributed by atoms with Gasteiger partial charge in [0.25, 0.3) is 5.69 Å². The molecule has 1 atom stereocenters. The van der Waals surface area contributed by atoms with Crippen LogP contribution in [0.15, 0.2) is 18.2 Å². The third-order valence-electron chi connectivity index (χ3n) is 3.99. The Morgan fingerprint density at radius 1 is 1.50 bits per heavy atom. The number of piperidine rings is 1. The molecule has 0 bridgehead atoms. The van der Waals surface area contributed by atoms with Gasteiger partial charge in [-0.15, -0.1) is 0 Å². The monoisotopic (exact) mass is 297 g/mol. The summed E-state index contributed by atoms with van der Waals surface area (Å²) >= 11 is 5.82. The topological polar surface area (TPSA) is 72.4 Å². The average molecular weight is 298 g/mol. The summed E-state index contributed by atoms with van der Waals surface area (Å²) in [5.74, 6) is 0.589. The third-order valence-corrected chi connectivity index (χ3v) is 4.31. The van der Waals surface area contributed by atoms with Gasteiger partial charge in [-0.05, 0) is 50.4 Å². The second-order valence-corrected chi connectivity index (χ2v) is 5.92. The zero-order valence-electron chi connectivity index (χ0n) is 11.6. The molecule has 0 aromatic heterocycles. The van der Waals surface area contributed by atoms with Crippen LogP contribution >= 0.6 is 11.6 Å². The Kier molecular flexibility index (Phi) is 4.96. The van der Waals surface area contributed by atoms with Crippen LogP contribution in [-0.4, -0.2) is 29.0 Å². The summed E-state index contributed by atoms with van der Waals surface area (Å²) in [5.41, 5.74) is 6.84. The second-order valence-electron chi connectivity index (χ2n) is 5.52. The van der Waals surface area contributed by atoms with Crippen molar-refractivity contribution in [3.05, 3.63) is 38.9 Å². The highest BCUT2D eigenvalue weighted by Gasteiger charge is 2.22. The van der Waals surface area contributed by atoms with E-state index in [1.807, 2.05) is 6.07 Å². The van der Waals surface area contributed by atoms with Crippen LogP contribution in [-0.2, 0) is 6.54 Å². The zero-order valence-corrected chi connectivity index (χ0v) is 12.3. The first-order valence-electron chi connectivity index (χ1n) is 6.88. The van der Waals surface area contributed by atoms with Crippen molar-refractivity contribution in [3.8, 4) is 0 Å². The molecule has 1 unspecified atom stereocenters. The fourth-order valence-electron chi connectivity index (χ4n) is 2.69. The summed E-state index contributed by atoms with van der Waals surface area (Å²) < 4.78 is 0. The molecule has 5 nitrogen and oxygen atoms in total. The van der Waals surface area contributed by atoms with E-state index in [0.29, 0.717) is 5.92 Å². The Morgan fingerprint density at radius 3 is 2.70 bits per heavy atom. The van der Waals surface area contributed by atoms with Crippen molar-refractivity contribution < 1.29 is 4.92 Å². The lowest BCUT2D eigenvalue weighted by Crippen LogP contribution is -2.39. The molecule has 1 aromatic rings. The summed E-state index contributed by atoms with van der Waals surface area (Å²) in [5, 5.41) is 11.1. The largest absolute Gasteiger partial charge is 0.328 e. The number of halogens is 1. The quantitative estimate of drug-likeness (QED) is 0.685. The molecule has 2 rings (SSSR count). The smallest absolute Gasteiger partial charge is 0.288 e. The Morgan fingerprint density at radius 2 is 2.15 bits per heavy atom. The highest BCUT2D eigenvalue weighted by molar-refractivity contribution is 6.32. The van der Waals surface area contributed by atoms with Crippen molar-refractivity contribution in [2.24, 2.45) is 11.7 Å². The van der Waals surface area contributed by atoms with E-state index in [0.717, 1.165) is 38.0 Å². The van der Waals surface area contributed by atoms with E-state index in [-0.39, 0.29) is 16.8 Å². The molecule has 0 aliphatic carbocycles. The number of hydrogen-bond donors (Lipinski definition) is 1. The molecule has 1 aromatic carbocycles. The van der Waals surface area contributed by atoms with Crippen molar-refractivity contribution in [3.63, 3.8) is 0 Å². The predicted molar refractivity (Wildman–Crippen MR) is 79.8 cm³/mol. The first-order chi connectivity index (χ1) is 9.47. The number of hydrogen-bond acceptors (Lipinski definition) is 4. The summed E-state index contributed by atoms with van der Waals surface area (Å²) in [6, 6.07) is 5.27. The molecule has 20 heavy (non-hydrogen) atoms. The summed E-state index contributed by atoms with van der Waals surface area (Å²) in [7, 11) is 0. The maximum atomic E-state index is 10.9. The number of nitrogens with two attached hydrogens (primary N) is 1. The van der Waals surface area contributed by atoms with Gasteiger partial charge >= 0.3 is 0 Å². The van der Waals surface area contributed by atoms with Crippen molar-refractivity contribution >= 4 is 17.3 Å². The van der Waals surface area contributed by atoms with E-state index in [2.05, 4.69) is 11.8 Å². The van der Waals surface area contributed by atoms with E-state index < -0.39 is 4.92 Å². The molecule has 0 saturated carbocycles. The molecule has 1 saturated heterocycles. The van der Waals surface area contributed by atoms with Crippen LogP contribution in [0.3, 0.4) is 0 Å². The maximum Gasteiger partial charge on any atom is 0.288 e. The lowest BCUT2D eigenvalue weighted by atomic mass is 9.91. The SMILES string of the molecule is CC(N)C1CCN(Cc2ccc(Cl)c([N+](=O)[O-])c2)CC1. The normalized spacial score (nSPS) is 18.9. The predicted octanol–water partition coefficient (Wildman–Crippen LogP) is 2.81. The molecule has 1 heterocycles. The van der Waals surface area contributed by atoms with Crippen molar-refractivity contribution in [1.82, 2.24) is 4.90 Å². The van der Waals surface area contributed by atoms with Gasteiger partial charge in [-0.25, -0.2) is 0 Å². The van der Waals surface area contributed by atoms with Crippen LogP contribution in [0.5, 0.6) is 0 Å². The summed E-state index contributed by atoms with van der Waals surface area (Å²) in [6.07, 6.45) is 2.18. The molecule has 0 amide bonds. The lowest BCUT2D eigenvalue weighted by Gasteiger charge is -2.33. The van der Waals surface area contributed by atoms with Gasteiger partial charge in [0.05, 0.1) is 4.92 Å². The van der Waals surface area contributed by atoms with E-state index in [9.17, 15) is 10.1 Å². The molecule has 1 fully saturated rings. The van der Waals surface area contributed by atoms with Gasteiger partial charge in [-0.2, -0.15) is 0 Å². The minimum absolute atomic E-state index is 0.0189. The number of benzene rings is 1. The average Bonchev–Trinajstić information content (AvgIpc) is 2.41. The molecule has 1 aliphatic heterocycles. The van der Waals surface area contributed by atoms with Crippen molar-refractivity contribution in [2.75, 3.05) is 13.1 Å².